The first kappa shape index (κ1) is 18.3. The van der Waals surface area contributed by atoms with Gasteiger partial charge in [-0.25, -0.2) is 0 Å². The number of alkyl halides is 1. The Hall–Kier alpha value is -2.52. The van der Waals surface area contributed by atoms with Crippen LogP contribution in [0.1, 0.15) is 38.6 Å². The third kappa shape index (κ3) is 4.36. The van der Waals surface area contributed by atoms with E-state index in [9.17, 15) is 9.59 Å². The second-order valence-corrected chi connectivity index (χ2v) is 7.13. The van der Waals surface area contributed by atoms with E-state index in [4.69, 9.17) is 0 Å². The number of hydrogen-bond donors (Lipinski definition) is 0. The number of rotatable bonds is 7. The van der Waals surface area contributed by atoms with Crippen molar-refractivity contribution in [1.82, 2.24) is 0 Å². The van der Waals surface area contributed by atoms with Crippen molar-refractivity contribution in [3.05, 3.63) is 108 Å². The molecule has 0 aliphatic rings. The number of Topliss-reactive ketones (excluding diaryl/α,β-unsaturated/α-hetero) is 2. The molecule has 0 bridgehead atoms. The molecule has 0 saturated heterocycles. The minimum absolute atomic E-state index is 0.0136. The van der Waals surface area contributed by atoms with Crippen molar-refractivity contribution in [3.8, 4) is 0 Å². The maximum absolute atomic E-state index is 12.9. The van der Waals surface area contributed by atoms with Gasteiger partial charge >= 0.3 is 0 Å². The van der Waals surface area contributed by atoms with Crippen LogP contribution in [-0.4, -0.2) is 16.4 Å². The SMILES string of the molecule is O=C(CC(c1ccccc1)C(Br)C(=O)c1ccccc1)c1ccccc1. The van der Waals surface area contributed by atoms with Gasteiger partial charge in [0, 0.05) is 23.5 Å². The normalized spacial score (nSPS) is 13.0. The monoisotopic (exact) mass is 406 g/mol. The van der Waals surface area contributed by atoms with Crippen LogP contribution in [-0.2, 0) is 0 Å². The number of ketones is 2. The molecule has 0 heterocycles. The van der Waals surface area contributed by atoms with Crippen LogP contribution >= 0.6 is 15.9 Å². The Kier molecular flexibility index (Phi) is 6.13. The number of hydrogen-bond acceptors (Lipinski definition) is 2. The van der Waals surface area contributed by atoms with Gasteiger partial charge in [-0.05, 0) is 5.56 Å². The molecule has 0 amide bonds. The third-order valence-corrected chi connectivity index (χ3v) is 5.44. The molecule has 3 rings (SSSR count). The molecule has 2 atom stereocenters. The number of halogens is 1. The lowest BCUT2D eigenvalue weighted by Gasteiger charge is -2.22. The highest BCUT2D eigenvalue weighted by Gasteiger charge is 2.30. The van der Waals surface area contributed by atoms with Crippen LogP contribution in [0, 0.1) is 0 Å². The molecule has 0 aromatic heterocycles. The number of carbonyl (C=O) groups excluding carboxylic acids is 2. The lowest BCUT2D eigenvalue weighted by atomic mass is 9.86. The molecule has 3 heteroatoms. The zero-order chi connectivity index (χ0) is 18.4. The van der Waals surface area contributed by atoms with Crippen LogP contribution in [0.2, 0.25) is 0 Å². The largest absolute Gasteiger partial charge is 0.294 e. The Balaban J connectivity index is 1.89. The van der Waals surface area contributed by atoms with E-state index >= 15 is 0 Å². The van der Waals surface area contributed by atoms with Crippen molar-refractivity contribution in [2.24, 2.45) is 0 Å². The van der Waals surface area contributed by atoms with Crippen molar-refractivity contribution in [1.29, 1.82) is 0 Å². The van der Waals surface area contributed by atoms with Gasteiger partial charge in [0.05, 0.1) is 4.83 Å². The van der Waals surface area contributed by atoms with Gasteiger partial charge in [-0.1, -0.05) is 107 Å². The van der Waals surface area contributed by atoms with E-state index in [2.05, 4.69) is 15.9 Å². The molecular weight excluding hydrogens is 388 g/mol. The molecule has 0 fully saturated rings. The van der Waals surface area contributed by atoms with Gasteiger partial charge in [0.15, 0.2) is 11.6 Å². The minimum atomic E-state index is -0.472. The molecule has 0 saturated carbocycles. The van der Waals surface area contributed by atoms with E-state index in [1.165, 1.54) is 0 Å². The van der Waals surface area contributed by atoms with E-state index in [1.807, 2.05) is 78.9 Å². The summed E-state index contributed by atoms with van der Waals surface area (Å²) in [6.07, 6.45) is 0.266. The molecule has 2 nitrogen and oxygen atoms in total. The first-order valence-corrected chi connectivity index (χ1v) is 9.45. The van der Waals surface area contributed by atoms with Crippen molar-refractivity contribution < 1.29 is 9.59 Å². The highest BCUT2D eigenvalue weighted by molar-refractivity contribution is 9.10. The van der Waals surface area contributed by atoms with E-state index in [0.717, 1.165) is 5.56 Å². The fourth-order valence-corrected chi connectivity index (χ4v) is 3.73. The lowest BCUT2D eigenvalue weighted by molar-refractivity contribution is 0.0951. The summed E-state index contributed by atoms with van der Waals surface area (Å²) in [7, 11) is 0. The minimum Gasteiger partial charge on any atom is -0.294 e. The van der Waals surface area contributed by atoms with Crippen molar-refractivity contribution in [3.63, 3.8) is 0 Å². The third-order valence-electron chi connectivity index (χ3n) is 4.39. The molecule has 26 heavy (non-hydrogen) atoms. The second kappa shape index (κ2) is 8.72. The van der Waals surface area contributed by atoms with Crippen molar-refractivity contribution >= 4 is 27.5 Å². The zero-order valence-electron chi connectivity index (χ0n) is 14.2. The maximum Gasteiger partial charge on any atom is 0.177 e. The van der Waals surface area contributed by atoms with Crippen molar-refractivity contribution in [2.75, 3.05) is 0 Å². The molecule has 3 aromatic carbocycles. The van der Waals surface area contributed by atoms with E-state index in [-0.39, 0.29) is 23.9 Å². The van der Waals surface area contributed by atoms with Crippen LogP contribution < -0.4 is 0 Å². The quantitative estimate of drug-likeness (QED) is 0.373. The predicted molar refractivity (Wildman–Crippen MR) is 108 cm³/mol. The first-order chi connectivity index (χ1) is 12.7. The van der Waals surface area contributed by atoms with Crippen LogP contribution in [0.4, 0.5) is 0 Å². The summed E-state index contributed by atoms with van der Waals surface area (Å²) in [5.74, 6) is -0.221. The zero-order valence-corrected chi connectivity index (χ0v) is 15.8. The summed E-state index contributed by atoms with van der Waals surface area (Å²) in [4.78, 5) is 25.2. The maximum atomic E-state index is 12.9. The fourth-order valence-electron chi connectivity index (χ4n) is 2.98. The smallest absolute Gasteiger partial charge is 0.177 e. The number of carbonyl (C=O) groups is 2. The fraction of sp³-hybridized carbons (Fsp3) is 0.130. The highest BCUT2D eigenvalue weighted by Crippen LogP contribution is 2.32. The van der Waals surface area contributed by atoms with Crippen LogP contribution in [0.15, 0.2) is 91.0 Å². The summed E-state index contributed by atoms with van der Waals surface area (Å²) < 4.78 is 0. The van der Waals surface area contributed by atoms with Crippen LogP contribution in [0.5, 0.6) is 0 Å². The standard InChI is InChI=1S/C23H19BrO2/c24-22(23(26)19-14-8-3-9-15-19)20(17-10-4-1-5-11-17)16-21(25)18-12-6-2-7-13-18/h1-15,20,22H,16H2. The summed E-state index contributed by atoms with van der Waals surface area (Å²) >= 11 is 3.58. The average molecular weight is 407 g/mol. The van der Waals surface area contributed by atoms with E-state index < -0.39 is 4.83 Å². The van der Waals surface area contributed by atoms with Gasteiger partial charge < -0.3 is 0 Å². The van der Waals surface area contributed by atoms with Gasteiger partial charge in [-0.15, -0.1) is 0 Å². The van der Waals surface area contributed by atoms with Crippen molar-refractivity contribution in [2.45, 2.75) is 17.2 Å². The second-order valence-electron chi connectivity index (χ2n) is 6.14. The highest BCUT2D eigenvalue weighted by atomic mass is 79.9. The Bertz CT molecular complexity index is 860. The molecule has 0 aliphatic carbocycles. The summed E-state index contributed by atoms with van der Waals surface area (Å²) in [6, 6.07) is 28.1. The molecule has 0 N–H and O–H groups in total. The predicted octanol–water partition coefficient (Wildman–Crippen LogP) is 5.69. The summed E-state index contributed by atoms with van der Waals surface area (Å²) in [6.45, 7) is 0. The molecule has 0 spiro atoms. The van der Waals surface area contributed by atoms with Gasteiger partial charge in [-0.2, -0.15) is 0 Å². The molecule has 3 aromatic rings. The Morgan fingerprint density at radius 2 is 1.15 bits per heavy atom. The Morgan fingerprint density at radius 1 is 0.692 bits per heavy atom. The van der Waals surface area contributed by atoms with E-state index in [1.54, 1.807) is 12.1 Å². The van der Waals surface area contributed by atoms with Gasteiger partial charge in [-0.3, -0.25) is 9.59 Å². The molecule has 0 radical (unpaired) electrons. The topological polar surface area (TPSA) is 34.1 Å². The molecular formula is C23H19BrO2. The summed E-state index contributed by atoms with van der Waals surface area (Å²) in [5, 5.41) is 0. The van der Waals surface area contributed by atoms with Gasteiger partial charge in [0.2, 0.25) is 0 Å². The Labute approximate surface area is 162 Å². The molecule has 0 aliphatic heterocycles. The van der Waals surface area contributed by atoms with Gasteiger partial charge in [0.1, 0.15) is 0 Å². The average Bonchev–Trinajstić information content (AvgIpc) is 2.72. The van der Waals surface area contributed by atoms with E-state index in [0.29, 0.717) is 11.1 Å². The van der Waals surface area contributed by atoms with Crippen LogP contribution in [0.25, 0.3) is 0 Å². The van der Waals surface area contributed by atoms with Gasteiger partial charge in [0.25, 0.3) is 0 Å². The molecule has 2 unspecified atom stereocenters. The summed E-state index contributed by atoms with van der Waals surface area (Å²) in [5.41, 5.74) is 2.28. The lowest BCUT2D eigenvalue weighted by Crippen LogP contribution is -2.25. The van der Waals surface area contributed by atoms with Crippen LogP contribution in [0.3, 0.4) is 0 Å². The number of benzene rings is 3. The molecule has 130 valence electrons. The first-order valence-electron chi connectivity index (χ1n) is 8.53. The Morgan fingerprint density at radius 3 is 1.69 bits per heavy atom.